The highest BCUT2D eigenvalue weighted by molar-refractivity contribution is 6.43. The lowest BCUT2D eigenvalue weighted by atomic mass is 10.1. The molecule has 0 saturated carbocycles. The fourth-order valence-corrected chi connectivity index (χ4v) is 1.94. The van der Waals surface area contributed by atoms with Crippen LogP contribution in [0, 0.1) is 0 Å². The number of halogens is 3. The molecule has 0 aliphatic carbocycles. The van der Waals surface area contributed by atoms with Gasteiger partial charge in [-0.2, -0.15) is 0 Å². The van der Waals surface area contributed by atoms with Crippen molar-refractivity contribution >= 4 is 51.9 Å². The fraction of sp³-hybridized carbons (Fsp3) is 0. The van der Waals surface area contributed by atoms with Gasteiger partial charge < -0.3 is 0 Å². The zero-order valence-electron chi connectivity index (χ0n) is 7.43. The number of benzene rings is 2. The number of carbonyl (C=O) groups is 1. The van der Waals surface area contributed by atoms with Crippen molar-refractivity contribution in [2.45, 2.75) is 0 Å². The van der Waals surface area contributed by atoms with Gasteiger partial charge in [-0.3, -0.25) is 4.79 Å². The van der Waals surface area contributed by atoms with Crippen molar-refractivity contribution in [1.82, 2.24) is 0 Å². The number of fused-ring (bicyclic) bond motifs is 1. The quantitative estimate of drug-likeness (QED) is 0.683. The van der Waals surface area contributed by atoms with E-state index < -0.39 is 0 Å². The van der Waals surface area contributed by atoms with Gasteiger partial charge in [-0.05, 0) is 35.0 Å². The van der Waals surface area contributed by atoms with E-state index in [9.17, 15) is 4.79 Å². The third-order valence-corrected chi connectivity index (χ3v) is 3.17. The normalized spacial score (nSPS) is 10.6. The third kappa shape index (κ3) is 1.96. The van der Waals surface area contributed by atoms with Crippen molar-refractivity contribution in [3.63, 3.8) is 0 Å². The smallest absolute Gasteiger partial charge is 0.151 e. The molecule has 0 radical (unpaired) electrons. The van der Waals surface area contributed by atoms with Crippen LogP contribution in [0.15, 0.2) is 24.3 Å². The average molecular weight is 260 g/mol. The molecule has 0 heterocycles. The molecular formula is C11H5Cl3O. The summed E-state index contributed by atoms with van der Waals surface area (Å²) in [4.78, 5) is 10.7. The Morgan fingerprint density at radius 2 is 1.27 bits per heavy atom. The van der Waals surface area contributed by atoms with E-state index in [0.717, 1.165) is 10.8 Å². The minimum atomic E-state index is 0.413. The Labute approximate surface area is 102 Å². The maximum Gasteiger partial charge on any atom is 0.151 e. The van der Waals surface area contributed by atoms with Gasteiger partial charge in [0, 0.05) is 5.56 Å². The third-order valence-electron chi connectivity index (χ3n) is 2.12. The van der Waals surface area contributed by atoms with Crippen LogP contribution >= 0.6 is 34.8 Å². The minimum absolute atomic E-state index is 0.413. The largest absolute Gasteiger partial charge is 0.298 e. The summed E-state index contributed by atoms with van der Waals surface area (Å²) in [6, 6.07) is 6.82. The van der Waals surface area contributed by atoms with Gasteiger partial charge in [0.2, 0.25) is 0 Å². The molecule has 0 aliphatic rings. The Hall–Kier alpha value is -0.760. The van der Waals surface area contributed by atoms with Gasteiger partial charge >= 0.3 is 0 Å². The Kier molecular flexibility index (Phi) is 2.87. The summed E-state index contributed by atoms with van der Waals surface area (Å²) in [5, 5.41) is 3.05. The zero-order chi connectivity index (χ0) is 11.0. The van der Waals surface area contributed by atoms with Crippen LogP contribution in [0.25, 0.3) is 10.8 Å². The molecular weight excluding hydrogens is 254 g/mol. The second-order valence-electron chi connectivity index (χ2n) is 3.11. The molecule has 0 fully saturated rings. The van der Waals surface area contributed by atoms with Crippen molar-refractivity contribution in [1.29, 1.82) is 0 Å². The Morgan fingerprint density at radius 1 is 0.800 bits per heavy atom. The standard InChI is InChI=1S/C11H5Cl3O/c12-9-2-7-4-11(14)10(13)3-6(7)1-8(9)5-15/h1-5H. The molecule has 0 amide bonds. The first-order chi connectivity index (χ1) is 7.11. The summed E-state index contributed by atoms with van der Waals surface area (Å²) in [5.41, 5.74) is 0.447. The number of hydrogen-bond acceptors (Lipinski definition) is 1. The molecule has 0 spiro atoms. The van der Waals surface area contributed by atoms with Gasteiger partial charge in [-0.15, -0.1) is 0 Å². The molecule has 0 N–H and O–H groups in total. The van der Waals surface area contributed by atoms with Crippen LogP contribution in [0.3, 0.4) is 0 Å². The van der Waals surface area contributed by atoms with Gasteiger partial charge in [-0.1, -0.05) is 34.8 Å². The SMILES string of the molecule is O=Cc1cc2cc(Cl)c(Cl)cc2cc1Cl. The first-order valence-corrected chi connectivity index (χ1v) is 5.28. The highest BCUT2D eigenvalue weighted by atomic mass is 35.5. The molecule has 0 atom stereocenters. The monoisotopic (exact) mass is 258 g/mol. The van der Waals surface area contributed by atoms with E-state index in [-0.39, 0.29) is 0 Å². The van der Waals surface area contributed by atoms with Crippen LogP contribution in [-0.2, 0) is 0 Å². The molecule has 0 saturated heterocycles. The number of aldehydes is 1. The average Bonchev–Trinajstić information content (AvgIpc) is 2.20. The lowest BCUT2D eigenvalue weighted by Crippen LogP contribution is -1.83. The number of rotatable bonds is 1. The van der Waals surface area contributed by atoms with Crippen molar-refractivity contribution in [2.24, 2.45) is 0 Å². The van der Waals surface area contributed by atoms with E-state index in [4.69, 9.17) is 34.8 Å². The van der Waals surface area contributed by atoms with Crippen LogP contribution in [0.2, 0.25) is 15.1 Å². The van der Waals surface area contributed by atoms with Crippen LogP contribution in [0.4, 0.5) is 0 Å². The molecule has 1 nitrogen and oxygen atoms in total. The molecule has 0 aliphatic heterocycles. The van der Waals surface area contributed by atoms with Crippen LogP contribution in [0.5, 0.6) is 0 Å². The molecule has 0 aromatic heterocycles. The first-order valence-electron chi connectivity index (χ1n) is 4.15. The molecule has 15 heavy (non-hydrogen) atoms. The summed E-state index contributed by atoms with van der Waals surface area (Å²) in [7, 11) is 0. The Bertz CT molecular complexity index is 549. The van der Waals surface area contributed by atoms with Crippen molar-refractivity contribution in [3.8, 4) is 0 Å². The molecule has 0 bridgehead atoms. The first kappa shape index (κ1) is 10.7. The van der Waals surface area contributed by atoms with E-state index in [2.05, 4.69) is 0 Å². The van der Waals surface area contributed by atoms with Crippen LogP contribution in [-0.4, -0.2) is 6.29 Å². The number of hydrogen-bond donors (Lipinski definition) is 0. The summed E-state index contributed by atoms with van der Waals surface area (Å²) >= 11 is 17.6. The maximum absolute atomic E-state index is 10.7. The van der Waals surface area contributed by atoms with E-state index >= 15 is 0 Å². The molecule has 4 heteroatoms. The highest BCUT2D eigenvalue weighted by Gasteiger charge is 2.05. The Morgan fingerprint density at radius 3 is 1.80 bits per heavy atom. The van der Waals surface area contributed by atoms with Gasteiger partial charge in [0.25, 0.3) is 0 Å². The second kappa shape index (κ2) is 4.01. The summed E-state index contributed by atoms with van der Waals surface area (Å²) in [6.45, 7) is 0. The molecule has 76 valence electrons. The topological polar surface area (TPSA) is 17.1 Å². The second-order valence-corrected chi connectivity index (χ2v) is 4.33. The van der Waals surface area contributed by atoms with Crippen molar-refractivity contribution < 1.29 is 4.79 Å². The van der Waals surface area contributed by atoms with E-state index in [0.29, 0.717) is 26.9 Å². The highest BCUT2D eigenvalue weighted by Crippen LogP contribution is 2.30. The fourth-order valence-electron chi connectivity index (χ4n) is 1.37. The lowest BCUT2D eigenvalue weighted by molar-refractivity contribution is 0.112. The van der Waals surface area contributed by atoms with Crippen molar-refractivity contribution in [2.75, 3.05) is 0 Å². The lowest BCUT2D eigenvalue weighted by Gasteiger charge is -2.03. The minimum Gasteiger partial charge on any atom is -0.298 e. The predicted octanol–water partition coefficient (Wildman–Crippen LogP) is 4.61. The Balaban J connectivity index is 2.82. The molecule has 0 unspecified atom stereocenters. The predicted molar refractivity (Wildman–Crippen MR) is 64.4 cm³/mol. The van der Waals surface area contributed by atoms with E-state index in [1.54, 1.807) is 24.3 Å². The molecule has 2 rings (SSSR count). The summed E-state index contributed by atoms with van der Waals surface area (Å²) < 4.78 is 0. The molecule has 2 aromatic carbocycles. The van der Waals surface area contributed by atoms with Crippen LogP contribution < -0.4 is 0 Å². The summed E-state index contributed by atoms with van der Waals surface area (Å²) in [5.74, 6) is 0. The van der Waals surface area contributed by atoms with Crippen molar-refractivity contribution in [3.05, 3.63) is 44.9 Å². The zero-order valence-corrected chi connectivity index (χ0v) is 9.70. The van der Waals surface area contributed by atoms with Gasteiger partial charge in [0.1, 0.15) is 0 Å². The van der Waals surface area contributed by atoms with Crippen LogP contribution in [0.1, 0.15) is 10.4 Å². The van der Waals surface area contributed by atoms with Gasteiger partial charge in [-0.25, -0.2) is 0 Å². The van der Waals surface area contributed by atoms with E-state index in [1.807, 2.05) is 0 Å². The maximum atomic E-state index is 10.7. The van der Waals surface area contributed by atoms with E-state index in [1.165, 1.54) is 0 Å². The molecule has 2 aromatic rings. The number of carbonyl (C=O) groups excluding carboxylic acids is 1. The summed E-state index contributed by atoms with van der Waals surface area (Å²) in [6.07, 6.45) is 0.713. The van der Waals surface area contributed by atoms with Gasteiger partial charge in [0.05, 0.1) is 15.1 Å². The van der Waals surface area contributed by atoms with Gasteiger partial charge in [0.15, 0.2) is 6.29 Å².